The minimum atomic E-state index is -4.70. The van der Waals surface area contributed by atoms with Gasteiger partial charge in [0, 0.05) is 6.07 Å². The maximum absolute atomic E-state index is 12.6. The molecule has 0 unspecified atom stereocenters. The molecule has 0 radical (unpaired) electrons. The number of hydrogen-bond donors (Lipinski definition) is 1. The molecule has 1 aromatic heterocycles. The first kappa shape index (κ1) is 15.1. The third-order valence-corrected chi connectivity index (χ3v) is 2.79. The molecule has 0 amide bonds. The lowest BCUT2D eigenvalue weighted by Crippen LogP contribution is -2.12. The molecular formula is C13H8ClF3N4. The minimum absolute atomic E-state index is 0.135. The first-order valence-corrected chi connectivity index (χ1v) is 6.07. The Labute approximate surface area is 123 Å². The van der Waals surface area contributed by atoms with Crippen LogP contribution in [0.1, 0.15) is 17.0 Å². The van der Waals surface area contributed by atoms with Crippen LogP contribution in [0, 0.1) is 18.3 Å². The van der Waals surface area contributed by atoms with Crippen LogP contribution in [0.2, 0.25) is 5.15 Å². The summed E-state index contributed by atoms with van der Waals surface area (Å²) in [5.74, 6) is -1.48. The fourth-order valence-corrected chi connectivity index (χ4v) is 1.85. The fourth-order valence-electron chi connectivity index (χ4n) is 1.67. The first-order chi connectivity index (χ1) is 9.81. The van der Waals surface area contributed by atoms with E-state index in [1.807, 2.05) is 6.07 Å². The predicted octanol–water partition coefficient (Wildman–Crippen LogP) is 4.07. The standard InChI is InChI=1S/C13H8ClF3N4/c1-7-3-2-4-9(8(7)6-18)19-11-5-10(14)20-12(21-11)13(15,16)17/h2-5H,1H3,(H,19,20,21). The summed E-state index contributed by atoms with van der Waals surface area (Å²) in [4.78, 5) is 6.50. The van der Waals surface area contributed by atoms with E-state index in [-0.39, 0.29) is 11.0 Å². The molecule has 0 saturated carbocycles. The van der Waals surface area contributed by atoms with Crippen molar-refractivity contribution in [1.82, 2.24) is 9.97 Å². The van der Waals surface area contributed by atoms with Crippen molar-refractivity contribution < 1.29 is 13.2 Å². The van der Waals surface area contributed by atoms with Gasteiger partial charge >= 0.3 is 6.18 Å². The quantitative estimate of drug-likeness (QED) is 0.849. The van der Waals surface area contributed by atoms with Crippen molar-refractivity contribution in [1.29, 1.82) is 5.26 Å². The van der Waals surface area contributed by atoms with Gasteiger partial charge in [0.2, 0.25) is 5.82 Å². The second kappa shape index (κ2) is 5.58. The average Bonchev–Trinajstić information content (AvgIpc) is 2.37. The molecule has 0 aliphatic heterocycles. The van der Waals surface area contributed by atoms with Crippen molar-refractivity contribution in [3.63, 3.8) is 0 Å². The molecule has 4 nitrogen and oxygen atoms in total. The summed E-state index contributed by atoms with van der Waals surface area (Å²) >= 11 is 5.57. The number of nitrogens with zero attached hydrogens (tertiary/aromatic N) is 3. The largest absolute Gasteiger partial charge is 0.451 e. The number of aromatic nitrogens is 2. The molecule has 2 rings (SSSR count). The summed E-state index contributed by atoms with van der Waals surface area (Å²) in [5.41, 5.74) is 1.36. The van der Waals surface area contributed by atoms with E-state index in [0.29, 0.717) is 16.8 Å². The zero-order valence-electron chi connectivity index (χ0n) is 10.7. The highest BCUT2D eigenvalue weighted by atomic mass is 35.5. The lowest BCUT2D eigenvalue weighted by Gasteiger charge is -2.11. The smallest absolute Gasteiger partial charge is 0.339 e. The van der Waals surface area contributed by atoms with Gasteiger partial charge in [-0.05, 0) is 18.6 Å². The van der Waals surface area contributed by atoms with Gasteiger partial charge in [0.25, 0.3) is 0 Å². The van der Waals surface area contributed by atoms with Crippen molar-refractivity contribution in [2.45, 2.75) is 13.1 Å². The number of anilines is 2. The van der Waals surface area contributed by atoms with Gasteiger partial charge in [0.05, 0.1) is 11.3 Å². The topological polar surface area (TPSA) is 61.6 Å². The third kappa shape index (κ3) is 3.41. The van der Waals surface area contributed by atoms with E-state index < -0.39 is 12.0 Å². The highest BCUT2D eigenvalue weighted by molar-refractivity contribution is 6.29. The summed E-state index contributed by atoms with van der Waals surface area (Å²) in [5, 5.41) is 11.4. The normalized spacial score (nSPS) is 11.0. The lowest BCUT2D eigenvalue weighted by molar-refractivity contribution is -0.144. The van der Waals surface area contributed by atoms with Gasteiger partial charge in [0.1, 0.15) is 17.0 Å². The number of alkyl halides is 3. The van der Waals surface area contributed by atoms with E-state index >= 15 is 0 Å². The number of benzene rings is 1. The molecule has 0 saturated heterocycles. The molecular weight excluding hydrogens is 305 g/mol. The van der Waals surface area contributed by atoms with E-state index in [1.54, 1.807) is 25.1 Å². The van der Waals surface area contributed by atoms with Crippen LogP contribution >= 0.6 is 11.6 Å². The number of nitrogens with one attached hydrogen (secondary N) is 1. The van der Waals surface area contributed by atoms with Crippen LogP contribution < -0.4 is 5.32 Å². The highest BCUT2D eigenvalue weighted by Crippen LogP contribution is 2.29. The number of nitriles is 1. The van der Waals surface area contributed by atoms with E-state index in [9.17, 15) is 13.2 Å². The molecule has 2 aromatic rings. The van der Waals surface area contributed by atoms with Crippen LogP contribution in [0.5, 0.6) is 0 Å². The number of rotatable bonds is 2. The highest BCUT2D eigenvalue weighted by Gasteiger charge is 2.35. The SMILES string of the molecule is Cc1cccc(Nc2cc(Cl)nc(C(F)(F)F)n2)c1C#N. The van der Waals surface area contributed by atoms with Gasteiger partial charge in [-0.25, -0.2) is 9.97 Å². The molecule has 0 spiro atoms. The Hall–Kier alpha value is -2.33. The van der Waals surface area contributed by atoms with Crippen molar-refractivity contribution in [2.75, 3.05) is 5.32 Å². The molecule has 0 fully saturated rings. The first-order valence-electron chi connectivity index (χ1n) is 5.70. The number of hydrogen-bond acceptors (Lipinski definition) is 4. The Kier molecular flexibility index (Phi) is 4.00. The third-order valence-electron chi connectivity index (χ3n) is 2.60. The molecule has 108 valence electrons. The molecule has 0 atom stereocenters. The zero-order chi connectivity index (χ0) is 15.6. The van der Waals surface area contributed by atoms with Crippen molar-refractivity contribution in [3.05, 3.63) is 46.4 Å². The van der Waals surface area contributed by atoms with Crippen LogP contribution in [0.3, 0.4) is 0 Å². The van der Waals surface area contributed by atoms with Crippen molar-refractivity contribution >= 4 is 23.1 Å². The van der Waals surface area contributed by atoms with Gasteiger partial charge in [-0.3, -0.25) is 0 Å². The molecule has 8 heteroatoms. The predicted molar refractivity (Wildman–Crippen MR) is 71.2 cm³/mol. The van der Waals surface area contributed by atoms with Gasteiger partial charge < -0.3 is 5.32 Å². The Morgan fingerprint density at radius 1 is 1.29 bits per heavy atom. The summed E-state index contributed by atoms with van der Waals surface area (Å²) in [6.45, 7) is 1.72. The number of aryl methyl sites for hydroxylation is 1. The maximum Gasteiger partial charge on any atom is 0.451 e. The van der Waals surface area contributed by atoms with Gasteiger partial charge in [-0.15, -0.1) is 0 Å². The summed E-state index contributed by atoms with van der Waals surface area (Å²) in [6.07, 6.45) is -4.70. The van der Waals surface area contributed by atoms with Crippen molar-refractivity contribution in [2.24, 2.45) is 0 Å². The van der Waals surface area contributed by atoms with Crippen LogP contribution in [0.15, 0.2) is 24.3 Å². The Balaban J connectivity index is 2.44. The second-order valence-electron chi connectivity index (χ2n) is 4.13. The van der Waals surface area contributed by atoms with Crippen LogP contribution in [0.25, 0.3) is 0 Å². The summed E-state index contributed by atoms with van der Waals surface area (Å²) < 4.78 is 37.9. The number of halogens is 4. The van der Waals surface area contributed by atoms with Crippen LogP contribution in [0.4, 0.5) is 24.7 Å². The maximum atomic E-state index is 12.6. The molecule has 1 aromatic carbocycles. The van der Waals surface area contributed by atoms with E-state index in [1.165, 1.54) is 0 Å². The van der Waals surface area contributed by atoms with Gasteiger partial charge in [0.15, 0.2) is 0 Å². The Bertz CT molecular complexity index is 722. The minimum Gasteiger partial charge on any atom is -0.339 e. The average molecular weight is 313 g/mol. The van der Waals surface area contributed by atoms with E-state index in [2.05, 4.69) is 15.3 Å². The summed E-state index contributed by atoms with van der Waals surface area (Å²) in [6, 6.07) is 8.09. The molecule has 0 bridgehead atoms. The Morgan fingerprint density at radius 3 is 2.62 bits per heavy atom. The molecule has 21 heavy (non-hydrogen) atoms. The molecule has 1 heterocycles. The summed E-state index contributed by atoms with van der Waals surface area (Å²) in [7, 11) is 0. The zero-order valence-corrected chi connectivity index (χ0v) is 11.4. The molecule has 1 N–H and O–H groups in total. The monoisotopic (exact) mass is 312 g/mol. The van der Waals surface area contributed by atoms with E-state index in [0.717, 1.165) is 6.07 Å². The Morgan fingerprint density at radius 2 is 2.00 bits per heavy atom. The fraction of sp³-hybridized carbons (Fsp3) is 0.154. The van der Waals surface area contributed by atoms with Crippen LogP contribution in [-0.4, -0.2) is 9.97 Å². The second-order valence-corrected chi connectivity index (χ2v) is 4.52. The van der Waals surface area contributed by atoms with Gasteiger partial charge in [-0.2, -0.15) is 18.4 Å². The molecule has 0 aliphatic rings. The molecule has 0 aliphatic carbocycles. The van der Waals surface area contributed by atoms with Crippen LogP contribution in [-0.2, 0) is 6.18 Å². The van der Waals surface area contributed by atoms with Crippen molar-refractivity contribution in [3.8, 4) is 6.07 Å². The van der Waals surface area contributed by atoms with Gasteiger partial charge in [-0.1, -0.05) is 23.7 Å². The lowest BCUT2D eigenvalue weighted by atomic mass is 10.1. The van der Waals surface area contributed by atoms with E-state index in [4.69, 9.17) is 16.9 Å².